The number of carbonyl (C=O) groups excluding carboxylic acids is 1. The van der Waals surface area contributed by atoms with Crippen LogP contribution in [0.5, 0.6) is 0 Å². The van der Waals surface area contributed by atoms with Crippen molar-refractivity contribution in [3.8, 4) is 6.07 Å². The molecular formula is C10H9ClN4O. The molecule has 0 spiro atoms. The molecule has 1 heterocycles. The zero-order chi connectivity index (χ0) is 11.5. The van der Waals surface area contributed by atoms with Gasteiger partial charge in [0.15, 0.2) is 10.8 Å². The minimum absolute atomic E-state index is 0.172. The summed E-state index contributed by atoms with van der Waals surface area (Å²) in [4.78, 5) is 11.6. The van der Waals surface area contributed by atoms with Crippen LogP contribution in [0, 0.1) is 17.2 Å². The maximum Gasteiger partial charge on any atom is 0.272 e. The number of hydrogen-bond acceptors (Lipinski definition) is 4. The summed E-state index contributed by atoms with van der Waals surface area (Å²) >= 11 is 5.55. The molecule has 6 heteroatoms. The Morgan fingerprint density at radius 1 is 1.56 bits per heavy atom. The summed E-state index contributed by atoms with van der Waals surface area (Å²) < 4.78 is 0. The molecule has 0 aromatic carbocycles. The van der Waals surface area contributed by atoms with Crippen molar-refractivity contribution in [1.82, 2.24) is 15.5 Å². The van der Waals surface area contributed by atoms with Crippen LogP contribution in [0.4, 0.5) is 0 Å². The van der Waals surface area contributed by atoms with Crippen molar-refractivity contribution >= 4 is 17.5 Å². The molecular weight excluding hydrogens is 228 g/mol. The molecule has 1 saturated carbocycles. The Hall–Kier alpha value is -1.67. The van der Waals surface area contributed by atoms with Gasteiger partial charge in [0, 0.05) is 0 Å². The molecule has 2 rings (SSSR count). The summed E-state index contributed by atoms with van der Waals surface area (Å²) in [6.07, 6.45) is 1.98. The quantitative estimate of drug-likeness (QED) is 0.854. The fraction of sp³-hybridized carbons (Fsp3) is 0.400. The van der Waals surface area contributed by atoms with Crippen molar-refractivity contribution in [1.29, 1.82) is 5.26 Å². The number of amides is 1. The summed E-state index contributed by atoms with van der Waals surface area (Å²) in [5, 5.41) is 18.9. The van der Waals surface area contributed by atoms with Crippen molar-refractivity contribution in [3.05, 3.63) is 23.0 Å². The van der Waals surface area contributed by atoms with Crippen molar-refractivity contribution in [3.63, 3.8) is 0 Å². The van der Waals surface area contributed by atoms with E-state index >= 15 is 0 Å². The number of aromatic nitrogens is 2. The molecule has 0 radical (unpaired) electrons. The predicted octanol–water partition coefficient (Wildman–Crippen LogP) is 1.16. The summed E-state index contributed by atoms with van der Waals surface area (Å²) in [7, 11) is 0. The number of carbonyl (C=O) groups is 1. The van der Waals surface area contributed by atoms with Gasteiger partial charge in [0.25, 0.3) is 5.91 Å². The van der Waals surface area contributed by atoms with Crippen LogP contribution < -0.4 is 5.32 Å². The van der Waals surface area contributed by atoms with E-state index < -0.39 is 6.04 Å². The van der Waals surface area contributed by atoms with E-state index in [-0.39, 0.29) is 22.7 Å². The average Bonchev–Trinajstić information content (AvgIpc) is 3.10. The largest absolute Gasteiger partial charge is 0.335 e. The molecule has 1 aliphatic rings. The number of nitrogens with zero attached hydrogens (tertiary/aromatic N) is 3. The molecule has 16 heavy (non-hydrogen) atoms. The Labute approximate surface area is 97.4 Å². The van der Waals surface area contributed by atoms with Gasteiger partial charge in [-0.25, -0.2) is 0 Å². The molecule has 1 atom stereocenters. The highest BCUT2D eigenvalue weighted by molar-refractivity contribution is 6.29. The summed E-state index contributed by atoms with van der Waals surface area (Å²) in [5.74, 6) is -0.100. The van der Waals surface area contributed by atoms with Crippen LogP contribution in [0.3, 0.4) is 0 Å². The highest BCUT2D eigenvalue weighted by atomic mass is 35.5. The molecule has 82 valence electrons. The lowest BCUT2D eigenvalue weighted by atomic mass is 10.2. The summed E-state index contributed by atoms with van der Waals surface area (Å²) in [5.41, 5.74) is 0.172. The molecule has 1 amide bonds. The van der Waals surface area contributed by atoms with Crippen LogP contribution in [-0.4, -0.2) is 22.1 Å². The fourth-order valence-electron chi connectivity index (χ4n) is 1.34. The molecule has 1 aromatic heterocycles. The van der Waals surface area contributed by atoms with E-state index in [1.165, 1.54) is 12.1 Å². The van der Waals surface area contributed by atoms with E-state index in [2.05, 4.69) is 21.6 Å². The zero-order valence-electron chi connectivity index (χ0n) is 8.35. The number of hydrogen-bond donors (Lipinski definition) is 1. The first kappa shape index (κ1) is 10.8. The third-order valence-electron chi connectivity index (χ3n) is 2.38. The van der Waals surface area contributed by atoms with E-state index in [0.29, 0.717) is 0 Å². The fourth-order valence-corrected chi connectivity index (χ4v) is 1.44. The number of rotatable bonds is 3. The minimum Gasteiger partial charge on any atom is -0.335 e. The van der Waals surface area contributed by atoms with Gasteiger partial charge in [-0.3, -0.25) is 4.79 Å². The number of nitriles is 1. The standard InChI is InChI=1S/C10H9ClN4O/c11-9-4-3-7(14-15-9)10(16)13-8(5-12)6-1-2-6/h3-4,6,8H,1-2H2,(H,13,16). The Morgan fingerprint density at radius 2 is 2.31 bits per heavy atom. The van der Waals surface area contributed by atoms with E-state index in [1.807, 2.05) is 0 Å². The van der Waals surface area contributed by atoms with Crippen molar-refractivity contribution in [2.45, 2.75) is 18.9 Å². The zero-order valence-corrected chi connectivity index (χ0v) is 9.11. The Kier molecular flexibility index (Phi) is 3.02. The van der Waals surface area contributed by atoms with Crippen molar-refractivity contribution < 1.29 is 4.79 Å². The van der Waals surface area contributed by atoms with Gasteiger partial charge < -0.3 is 5.32 Å². The van der Waals surface area contributed by atoms with E-state index in [4.69, 9.17) is 16.9 Å². The number of halogens is 1. The third-order valence-corrected chi connectivity index (χ3v) is 2.59. The number of nitrogens with one attached hydrogen (secondary N) is 1. The van der Waals surface area contributed by atoms with Gasteiger partial charge in [0.1, 0.15) is 6.04 Å². The highest BCUT2D eigenvalue weighted by Gasteiger charge is 2.32. The molecule has 1 aliphatic carbocycles. The topological polar surface area (TPSA) is 78.7 Å². The van der Waals surface area contributed by atoms with E-state index in [1.54, 1.807) is 0 Å². The van der Waals surface area contributed by atoms with Crippen LogP contribution >= 0.6 is 11.6 Å². The predicted molar refractivity (Wildman–Crippen MR) is 56.6 cm³/mol. The van der Waals surface area contributed by atoms with Crippen LogP contribution in [0.25, 0.3) is 0 Å². The van der Waals surface area contributed by atoms with Crippen molar-refractivity contribution in [2.24, 2.45) is 5.92 Å². The molecule has 1 unspecified atom stereocenters. The van der Waals surface area contributed by atoms with Crippen LogP contribution in [0.1, 0.15) is 23.3 Å². The maximum atomic E-state index is 11.6. The van der Waals surface area contributed by atoms with Crippen LogP contribution in [-0.2, 0) is 0 Å². The lowest BCUT2D eigenvalue weighted by molar-refractivity contribution is 0.0936. The first-order valence-electron chi connectivity index (χ1n) is 4.90. The first-order valence-corrected chi connectivity index (χ1v) is 5.28. The SMILES string of the molecule is N#CC(NC(=O)c1ccc(Cl)nn1)C1CC1. The lowest BCUT2D eigenvalue weighted by Gasteiger charge is -2.09. The van der Waals surface area contributed by atoms with E-state index in [9.17, 15) is 4.79 Å². The van der Waals surface area contributed by atoms with E-state index in [0.717, 1.165) is 12.8 Å². The molecule has 1 N–H and O–H groups in total. The second-order valence-corrected chi connectivity index (χ2v) is 4.05. The Morgan fingerprint density at radius 3 is 2.81 bits per heavy atom. The molecule has 1 fully saturated rings. The average molecular weight is 237 g/mol. The second kappa shape index (κ2) is 4.45. The Balaban J connectivity index is 2.02. The Bertz CT molecular complexity index is 435. The van der Waals surface area contributed by atoms with Gasteiger partial charge in [0.2, 0.25) is 0 Å². The first-order chi connectivity index (χ1) is 7.70. The van der Waals surface area contributed by atoms with Gasteiger partial charge in [-0.1, -0.05) is 11.6 Å². The molecule has 0 saturated heterocycles. The molecule has 0 aliphatic heterocycles. The summed E-state index contributed by atoms with van der Waals surface area (Å²) in [6.45, 7) is 0. The normalized spacial score (nSPS) is 16.2. The monoisotopic (exact) mass is 236 g/mol. The van der Waals surface area contributed by atoms with Gasteiger partial charge in [-0.15, -0.1) is 10.2 Å². The maximum absolute atomic E-state index is 11.6. The van der Waals surface area contributed by atoms with Gasteiger partial charge in [-0.05, 0) is 30.9 Å². The smallest absolute Gasteiger partial charge is 0.272 e. The van der Waals surface area contributed by atoms with Crippen LogP contribution in [0.15, 0.2) is 12.1 Å². The van der Waals surface area contributed by atoms with Gasteiger partial charge in [0.05, 0.1) is 6.07 Å². The summed E-state index contributed by atoms with van der Waals surface area (Å²) in [6, 6.07) is 4.61. The molecule has 0 bridgehead atoms. The molecule has 5 nitrogen and oxygen atoms in total. The van der Waals surface area contributed by atoms with Crippen molar-refractivity contribution in [2.75, 3.05) is 0 Å². The van der Waals surface area contributed by atoms with Gasteiger partial charge >= 0.3 is 0 Å². The van der Waals surface area contributed by atoms with Crippen LogP contribution in [0.2, 0.25) is 5.15 Å². The highest BCUT2D eigenvalue weighted by Crippen LogP contribution is 2.32. The lowest BCUT2D eigenvalue weighted by Crippen LogP contribution is -2.35. The molecule has 1 aromatic rings. The second-order valence-electron chi connectivity index (χ2n) is 3.66. The van der Waals surface area contributed by atoms with Gasteiger partial charge in [-0.2, -0.15) is 5.26 Å². The third kappa shape index (κ3) is 2.47. The minimum atomic E-state index is -0.426.